The first-order valence-corrected chi connectivity index (χ1v) is 8.59. The molecule has 0 bridgehead atoms. The van der Waals surface area contributed by atoms with Crippen molar-refractivity contribution in [2.24, 2.45) is 0 Å². The lowest BCUT2D eigenvalue weighted by atomic mass is 10.0. The van der Waals surface area contributed by atoms with Crippen molar-refractivity contribution in [3.8, 4) is 11.5 Å². The van der Waals surface area contributed by atoms with Crippen LogP contribution >= 0.6 is 11.6 Å². The lowest BCUT2D eigenvalue weighted by molar-refractivity contribution is -0.147. The number of aliphatic carboxylic acids is 1. The summed E-state index contributed by atoms with van der Waals surface area (Å²) in [5.41, 5.74) is 0.668. The van der Waals surface area contributed by atoms with E-state index in [0.717, 1.165) is 0 Å². The number of ether oxygens (including phenoxy) is 3. The van der Waals surface area contributed by atoms with Crippen LogP contribution in [0.3, 0.4) is 0 Å². The highest BCUT2D eigenvalue weighted by molar-refractivity contribution is 6.32. The molecule has 0 aliphatic carbocycles. The van der Waals surface area contributed by atoms with E-state index in [4.69, 9.17) is 30.9 Å². The van der Waals surface area contributed by atoms with Crippen molar-refractivity contribution in [3.05, 3.63) is 22.7 Å². The Morgan fingerprint density at radius 1 is 1.16 bits per heavy atom. The number of carbonyl (C=O) groups excluding carboxylic acids is 1. The minimum absolute atomic E-state index is 0.0565. The Labute approximate surface area is 150 Å². The Morgan fingerprint density at radius 3 is 2.60 bits per heavy atom. The molecular weight excluding hydrogens is 350 g/mol. The van der Waals surface area contributed by atoms with Crippen LogP contribution < -0.4 is 9.47 Å². The molecule has 8 heteroatoms. The monoisotopic (exact) mass is 369 g/mol. The van der Waals surface area contributed by atoms with Gasteiger partial charge in [0.2, 0.25) is 5.91 Å². The van der Waals surface area contributed by atoms with Gasteiger partial charge in [-0.25, -0.2) is 0 Å². The van der Waals surface area contributed by atoms with Crippen LogP contribution in [-0.2, 0) is 20.7 Å². The predicted molar refractivity (Wildman–Crippen MR) is 89.3 cm³/mol. The number of halogens is 1. The van der Waals surface area contributed by atoms with E-state index in [1.165, 1.54) is 4.90 Å². The molecule has 0 unspecified atom stereocenters. The third kappa shape index (κ3) is 4.35. The molecule has 1 aromatic rings. The van der Waals surface area contributed by atoms with Crippen LogP contribution in [-0.4, -0.2) is 60.9 Å². The van der Waals surface area contributed by atoms with Crippen molar-refractivity contribution >= 4 is 23.5 Å². The van der Waals surface area contributed by atoms with Crippen molar-refractivity contribution in [3.63, 3.8) is 0 Å². The number of fused-ring (bicyclic) bond motifs is 1. The van der Waals surface area contributed by atoms with Gasteiger partial charge in [0, 0.05) is 19.3 Å². The summed E-state index contributed by atoms with van der Waals surface area (Å²) in [4.78, 5) is 25.3. The fourth-order valence-corrected chi connectivity index (χ4v) is 3.39. The van der Waals surface area contributed by atoms with Crippen molar-refractivity contribution < 1.29 is 28.9 Å². The summed E-state index contributed by atoms with van der Waals surface area (Å²) < 4.78 is 16.3. The number of hydrogen-bond donors (Lipinski definition) is 1. The smallest absolute Gasteiger partial charge is 0.323 e. The Kier molecular flexibility index (Phi) is 5.65. The Hall–Kier alpha value is -1.99. The fourth-order valence-electron chi connectivity index (χ4n) is 3.11. The van der Waals surface area contributed by atoms with Gasteiger partial charge in [-0.15, -0.1) is 0 Å². The van der Waals surface area contributed by atoms with E-state index in [9.17, 15) is 9.59 Å². The molecule has 1 amide bonds. The Bertz CT molecular complexity index is 659. The average molecular weight is 370 g/mol. The highest BCUT2D eigenvalue weighted by atomic mass is 35.5. The van der Waals surface area contributed by atoms with Crippen molar-refractivity contribution in [2.75, 3.05) is 33.0 Å². The number of carboxylic acids is 1. The van der Waals surface area contributed by atoms with Gasteiger partial charge in [-0.2, -0.15) is 0 Å². The summed E-state index contributed by atoms with van der Waals surface area (Å²) in [6.45, 7) is 1.60. The van der Waals surface area contributed by atoms with Gasteiger partial charge in [-0.05, 0) is 30.5 Å². The number of carboxylic acid groups (broad SMARTS) is 1. The van der Waals surface area contributed by atoms with Crippen LogP contribution in [0.25, 0.3) is 0 Å². The number of nitrogens with zero attached hydrogens (tertiary/aromatic N) is 1. The second-order valence-corrected chi connectivity index (χ2v) is 6.44. The van der Waals surface area contributed by atoms with Crippen LogP contribution in [0, 0.1) is 0 Å². The topological polar surface area (TPSA) is 85.3 Å². The van der Waals surface area contributed by atoms with E-state index in [1.807, 2.05) is 0 Å². The first kappa shape index (κ1) is 17.8. The predicted octanol–water partition coefficient (Wildman–Crippen LogP) is 1.75. The maximum absolute atomic E-state index is 12.7. The molecule has 2 heterocycles. The molecule has 3 rings (SSSR count). The molecule has 2 aliphatic rings. The molecule has 0 saturated carbocycles. The van der Waals surface area contributed by atoms with E-state index >= 15 is 0 Å². The molecule has 136 valence electrons. The first-order valence-electron chi connectivity index (χ1n) is 8.21. The minimum atomic E-state index is -1.03. The minimum Gasteiger partial charge on any atom is -0.486 e. The highest BCUT2D eigenvalue weighted by Gasteiger charge is 2.28. The normalized spacial score (nSPS) is 17.2. The molecular formula is C17H20ClNO6. The SMILES string of the molecule is O=C(O)CN(C(=O)Cc1cc(Cl)c2c(c1)OCCO2)C1CCOCC1. The molecule has 2 aliphatic heterocycles. The van der Waals surface area contributed by atoms with Gasteiger partial charge in [0.1, 0.15) is 19.8 Å². The Morgan fingerprint density at radius 2 is 1.88 bits per heavy atom. The lowest BCUT2D eigenvalue weighted by Crippen LogP contribution is -2.46. The number of hydrogen-bond acceptors (Lipinski definition) is 5. The van der Waals surface area contributed by atoms with Crippen molar-refractivity contribution in [2.45, 2.75) is 25.3 Å². The van der Waals surface area contributed by atoms with E-state index in [0.29, 0.717) is 61.4 Å². The van der Waals surface area contributed by atoms with E-state index in [1.54, 1.807) is 12.1 Å². The Balaban J connectivity index is 1.76. The number of carbonyl (C=O) groups is 2. The largest absolute Gasteiger partial charge is 0.486 e. The van der Waals surface area contributed by atoms with Crippen LogP contribution in [0.15, 0.2) is 12.1 Å². The van der Waals surface area contributed by atoms with E-state index in [2.05, 4.69) is 0 Å². The van der Waals surface area contributed by atoms with Gasteiger partial charge in [0.15, 0.2) is 11.5 Å². The second-order valence-electron chi connectivity index (χ2n) is 6.04. The molecule has 1 N–H and O–H groups in total. The zero-order valence-corrected chi connectivity index (χ0v) is 14.5. The first-order chi connectivity index (χ1) is 12.0. The quantitative estimate of drug-likeness (QED) is 0.851. The molecule has 1 saturated heterocycles. The van der Waals surface area contributed by atoms with Crippen LogP contribution in [0.4, 0.5) is 0 Å². The van der Waals surface area contributed by atoms with E-state index < -0.39 is 5.97 Å². The molecule has 7 nitrogen and oxygen atoms in total. The van der Waals surface area contributed by atoms with Gasteiger partial charge >= 0.3 is 5.97 Å². The lowest BCUT2D eigenvalue weighted by Gasteiger charge is -2.33. The van der Waals surface area contributed by atoms with Crippen LogP contribution in [0.5, 0.6) is 11.5 Å². The summed E-state index contributed by atoms with van der Waals surface area (Å²) >= 11 is 6.20. The summed E-state index contributed by atoms with van der Waals surface area (Å²) in [7, 11) is 0. The van der Waals surface area contributed by atoms with Gasteiger partial charge in [0.05, 0.1) is 11.4 Å². The number of rotatable bonds is 5. The zero-order valence-electron chi connectivity index (χ0n) is 13.7. The van der Waals surface area contributed by atoms with E-state index in [-0.39, 0.29) is 24.9 Å². The molecule has 0 spiro atoms. The average Bonchev–Trinajstić information content (AvgIpc) is 2.60. The third-order valence-electron chi connectivity index (χ3n) is 4.27. The fraction of sp³-hybridized carbons (Fsp3) is 0.529. The van der Waals surface area contributed by atoms with Crippen LogP contribution in [0.1, 0.15) is 18.4 Å². The third-order valence-corrected chi connectivity index (χ3v) is 4.55. The zero-order chi connectivity index (χ0) is 17.8. The number of amides is 1. The summed E-state index contributed by atoms with van der Waals surface area (Å²) in [6, 6.07) is 3.27. The van der Waals surface area contributed by atoms with Crippen LogP contribution in [0.2, 0.25) is 5.02 Å². The number of benzene rings is 1. The van der Waals surface area contributed by atoms with Crippen molar-refractivity contribution in [1.82, 2.24) is 4.90 Å². The standard InChI is InChI=1S/C17H20ClNO6/c18-13-7-11(8-14-17(13)25-6-5-24-14)9-15(20)19(10-16(21)22)12-1-3-23-4-2-12/h7-8,12H,1-6,9-10H2,(H,21,22). The maximum Gasteiger partial charge on any atom is 0.323 e. The summed E-state index contributed by atoms with van der Waals surface area (Å²) in [5.74, 6) is -0.282. The molecule has 1 fully saturated rings. The van der Waals surface area contributed by atoms with Gasteiger partial charge < -0.3 is 24.2 Å². The van der Waals surface area contributed by atoms with Gasteiger partial charge in [-0.1, -0.05) is 11.6 Å². The highest BCUT2D eigenvalue weighted by Crippen LogP contribution is 2.38. The molecule has 0 atom stereocenters. The summed E-state index contributed by atoms with van der Waals surface area (Å²) in [5, 5.41) is 9.53. The molecule has 0 radical (unpaired) electrons. The molecule has 25 heavy (non-hydrogen) atoms. The van der Waals surface area contributed by atoms with Gasteiger partial charge in [-0.3, -0.25) is 9.59 Å². The second kappa shape index (κ2) is 7.93. The molecule has 1 aromatic carbocycles. The van der Waals surface area contributed by atoms with Crippen molar-refractivity contribution in [1.29, 1.82) is 0 Å². The van der Waals surface area contributed by atoms with Gasteiger partial charge in [0.25, 0.3) is 0 Å². The summed E-state index contributed by atoms with van der Waals surface area (Å²) in [6.07, 6.45) is 1.34. The molecule has 0 aromatic heterocycles. The maximum atomic E-state index is 12.7.